The van der Waals surface area contributed by atoms with Crippen LogP contribution in [0.15, 0.2) is 18.2 Å². The van der Waals surface area contributed by atoms with Crippen LogP contribution in [-0.2, 0) is 14.8 Å². The number of sulfonamides is 1. The predicted molar refractivity (Wildman–Crippen MR) is 96.0 cm³/mol. The van der Waals surface area contributed by atoms with Crippen LogP contribution in [0.2, 0.25) is 0 Å². The van der Waals surface area contributed by atoms with Gasteiger partial charge in [-0.05, 0) is 18.9 Å². The first kappa shape index (κ1) is 19.9. The molecule has 0 aromatic heterocycles. The van der Waals surface area contributed by atoms with Crippen LogP contribution in [0.5, 0.6) is 0 Å². The maximum absolute atomic E-state index is 12.5. The van der Waals surface area contributed by atoms with Crippen LogP contribution in [0.4, 0.5) is 5.69 Å². The van der Waals surface area contributed by atoms with Gasteiger partial charge in [-0.25, -0.2) is 13.1 Å². The summed E-state index contributed by atoms with van der Waals surface area (Å²) in [5.41, 5.74) is -0.379. The molecule has 2 heterocycles. The van der Waals surface area contributed by atoms with Crippen LogP contribution in [0.25, 0.3) is 0 Å². The summed E-state index contributed by atoms with van der Waals surface area (Å²) in [5, 5.41) is 10.9. The first-order valence-corrected chi connectivity index (χ1v) is 10.4. The lowest BCUT2D eigenvalue weighted by molar-refractivity contribution is -0.384. The van der Waals surface area contributed by atoms with Crippen molar-refractivity contribution in [3.8, 4) is 0 Å². The Morgan fingerprint density at radius 3 is 2.39 bits per heavy atom. The molecule has 0 atom stereocenters. The zero-order valence-corrected chi connectivity index (χ0v) is 15.8. The Labute approximate surface area is 160 Å². The van der Waals surface area contributed by atoms with E-state index in [-0.39, 0.29) is 22.9 Å². The molecule has 3 rings (SSSR count). The number of nitrogens with one attached hydrogen (secondary N) is 1. The average Bonchev–Trinajstić information content (AvgIpc) is 2.85. The van der Waals surface area contributed by atoms with Gasteiger partial charge in [0.1, 0.15) is 6.54 Å². The summed E-state index contributed by atoms with van der Waals surface area (Å²) >= 11 is 0. The second kappa shape index (κ2) is 7.28. The molecule has 1 aromatic carbocycles. The normalized spacial score (nSPS) is 17.8. The Morgan fingerprint density at radius 2 is 1.82 bits per heavy atom. The van der Waals surface area contributed by atoms with Crippen molar-refractivity contribution >= 4 is 33.4 Å². The van der Waals surface area contributed by atoms with Gasteiger partial charge in [-0.1, -0.05) is 0 Å². The van der Waals surface area contributed by atoms with Crippen molar-refractivity contribution in [3.63, 3.8) is 0 Å². The van der Waals surface area contributed by atoms with Crippen LogP contribution in [0.1, 0.15) is 33.6 Å². The van der Waals surface area contributed by atoms with E-state index in [1.165, 1.54) is 11.0 Å². The van der Waals surface area contributed by atoms with Crippen molar-refractivity contribution in [2.24, 2.45) is 0 Å². The lowest BCUT2D eigenvalue weighted by Crippen LogP contribution is -2.49. The summed E-state index contributed by atoms with van der Waals surface area (Å²) < 4.78 is 25.0. The summed E-state index contributed by atoms with van der Waals surface area (Å²) in [6.45, 7) is 0.117. The molecule has 2 aliphatic heterocycles. The number of carbonyl (C=O) groups is 3. The second-order valence-corrected chi connectivity index (χ2v) is 8.51. The molecule has 1 saturated heterocycles. The van der Waals surface area contributed by atoms with E-state index in [1.54, 1.807) is 0 Å². The van der Waals surface area contributed by atoms with Gasteiger partial charge in [0.05, 0.1) is 22.3 Å². The van der Waals surface area contributed by atoms with E-state index in [4.69, 9.17) is 0 Å². The third kappa shape index (κ3) is 4.02. The summed E-state index contributed by atoms with van der Waals surface area (Å²) in [5.74, 6) is -1.86. The number of carbonyl (C=O) groups excluding carboxylic acids is 3. The van der Waals surface area contributed by atoms with Gasteiger partial charge in [-0.3, -0.25) is 29.4 Å². The molecule has 0 aliphatic carbocycles. The number of amides is 3. The number of likely N-dealkylation sites (tertiary alicyclic amines) is 1. The average molecular weight is 410 g/mol. The van der Waals surface area contributed by atoms with Gasteiger partial charge in [0, 0.05) is 31.3 Å². The smallest absolute Gasteiger partial charge is 0.270 e. The van der Waals surface area contributed by atoms with E-state index in [0.717, 1.165) is 23.3 Å². The third-order valence-electron chi connectivity index (χ3n) is 4.69. The fourth-order valence-corrected chi connectivity index (χ4v) is 4.16. The molecule has 1 N–H and O–H groups in total. The van der Waals surface area contributed by atoms with Crippen molar-refractivity contribution < 1.29 is 27.7 Å². The van der Waals surface area contributed by atoms with Crippen molar-refractivity contribution in [2.45, 2.75) is 18.9 Å². The quantitative estimate of drug-likeness (QED) is 0.399. The predicted octanol–water partition coefficient (Wildman–Crippen LogP) is -0.269. The van der Waals surface area contributed by atoms with Crippen LogP contribution in [0.3, 0.4) is 0 Å². The second-order valence-electron chi connectivity index (χ2n) is 6.73. The number of rotatable bonds is 5. The van der Waals surface area contributed by atoms with Gasteiger partial charge < -0.3 is 4.90 Å². The Kier molecular flexibility index (Phi) is 5.17. The minimum absolute atomic E-state index is 0.0273. The summed E-state index contributed by atoms with van der Waals surface area (Å²) in [4.78, 5) is 49.8. The third-order valence-corrected chi connectivity index (χ3v) is 5.45. The number of fused-ring (bicyclic) bond motifs is 1. The number of nitro groups is 1. The van der Waals surface area contributed by atoms with Crippen molar-refractivity contribution in [2.75, 3.05) is 25.9 Å². The maximum Gasteiger partial charge on any atom is 0.270 e. The molecule has 150 valence electrons. The van der Waals surface area contributed by atoms with Gasteiger partial charge in [-0.2, -0.15) is 0 Å². The molecule has 1 fully saturated rings. The van der Waals surface area contributed by atoms with Crippen LogP contribution in [-0.4, -0.2) is 72.8 Å². The zero-order valence-electron chi connectivity index (χ0n) is 15.0. The molecule has 0 spiro atoms. The van der Waals surface area contributed by atoms with Crippen molar-refractivity contribution in [1.82, 2.24) is 14.5 Å². The molecule has 0 bridgehead atoms. The topological polar surface area (TPSA) is 147 Å². The lowest BCUT2D eigenvalue weighted by atomic mass is 10.1. The molecule has 0 radical (unpaired) electrons. The van der Waals surface area contributed by atoms with Crippen molar-refractivity contribution in [1.29, 1.82) is 0 Å². The molecule has 2 aliphatic rings. The number of nitro benzene ring substituents is 1. The van der Waals surface area contributed by atoms with Crippen LogP contribution >= 0.6 is 0 Å². The standard InChI is InChI=1S/C16H18N4O7S/c1-28(26,27)17-10-4-6-18(7-5-10)14(21)9-19-15(22)12-3-2-11(20(24)25)8-13(12)16(19)23/h2-3,8,10,17H,4-7,9H2,1H3. The Bertz CT molecular complexity index is 967. The number of piperidine rings is 1. The van der Waals surface area contributed by atoms with E-state index in [0.29, 0.717) is 25.9 Å². The highest BCUT2D eigenvalue weighted by molar-refractivity contribution is 7.88. The maximum atomic E-state index is 12.5. The van der Waals surface area contributed by atoms with Crippen LogP contribution in [0, 0.1) is 10.1 Å². The molecular formula is C16H18N4O7S. The minimum Gasteiger partial charge on any atom is -0.341 e. The van der Waals surface area contributed by atoms with Crippen LogP contribution < -0.4 is 4.72 Å². The lowest BCUT2D eigenvalue weighted by Gasteiger charge is -2.32. The molecule has 12 heteroatoms. The number of benzene rings is 1. The molecule has 0 saturated carbocycles. The van der Waals surface area contributed by atoms with E-state index in [9.17, 15) is 32.9 Å². The molecular weight excluding hydrogens is 392 g/mol. The van der Waals surface area contributed by atoms with Gasteiger partial charge >= 0.3 is 0 Å². The van der Waals surface area contributed by atoms with Gasteiger partial charge in [-0.15, -0.1) is 0 Å². The number of hydrogen-bond donors (Lipinski definition) is 1. The van der Waals surface area contributed by atoms with E-state index in [1.807, 2.05) is 0 Å². The van der Waals surface area contributed by atoms with Gasteiger partial charge in [0.2, 0.25) is 15.9 Å². The van der Waals surface area contributed by atoms with E-state index >= 15 is 0 Å². The largest absolute Gasteiger partial charge is 0.341 e. The van der Waals surface area contributed by atoms with E-state index in [2.05, 4.69) is 4.72 Å². The summed E-state index contributed by atoms with van der Waals surface area (Å²) in [7, 11) is -3.33. The highest BCUT2D eigenvalue weighted by atomic mass is 32.2. The fourth-order valence-electron chi connectivity index (χ4n) is 3.32. The van der Waals surface area contributed by atoms with Gasteiger partial charge in [0.15, 0.2) is 0 Å². The summed E-state index contributed by atoms with van der Waals surface area (Å²) in [6.07, 6.45) is 1.91. The molecule has 1 aromatic rings. The zero-order chi connectivity index (χ0) is 20.6. The summed E-state index contributed by atoms with van der Waals surface area (Å²) in [6, 6.07) is 3.11. The molecule has 3 amide bonds. The first-order chi connectivity index (χ1) is 13.1. The SMILES string of the molecule is CS(=O)(=O)NC1CCN(C(=O)CN2C(=O)c3ccc([N+](=O)[O-])cc3C2=O)CC1. The number of nitrogens with zero attached hydrogens (tertiary/aromatic N) is 3. The molecule has 0 unspecified atom stereocenters. The van der Waals surface area contributed by atoms with Crippen molar-refractivity contribution in [3.05, 3.63) is 39.4 Å². The number of hydrogen-bond acceptors (Lipinski definition) is 7. The van der Waals surface area contributed by atoms with E-state index < -0.39 is 39.2 Å². The Hall–Kier alpha value is -2.86. The fraction of sp³-hybridized carbons (Fsp3) is 0.438. The molecule has 11 nitrogen and oxygen atoms in total. The first-order valence-electron chi connectivity index (χ1n) is 8.46. The van der Waals surface area contributed by atoms with Gasteiger partial charge in [0.25, 0.3) is 17.5 Å². The number of non-ortho nitro benzene ring substituents is 1. The molecule has 28 heavy (non-hydrogen) atoms. The number of imide groups is 1. The Balaban J connectivity index is 1.64. The minimum atomic E-state index is -3.33. The monoisotopic (exact) mass is 410 g/mol. The highest BCUT2D eigenvalue weighted by Crippen LogP contribution is 2.27. The highest BCUT2D eigenvalue weighted by Gasteiger charge is 2.39. The Morgan fingerprint density at radius 1 is 1.21 bits per heavy atom.